The molecule has 1 aliphatic heterocycles. The lowest BCUT2D eigenvalue weighted by atomic mass is 9.92. The number of carbonyl (C=O) groups is 1. The molecule has 1 rings (SSSR count). The molecule has 0 radical (unpaired) electrons. The van der Waals surface area contributed by atoms with Crippen molar-refractivity contribution in [1.82, 2.24) is 10.2 Å². The zero-order chi connectivity index (χ0) is 20.9. The summed E-state index contributed by atoms with van der Waals surface area (Å²) in [4.78, 5) is 13.9. The first kappa shape index (κ1) is 25.8. The fourth-order valence-electron chi connectivity index (χ4n) is 3.26. The molecular formula is C23H46N2O2. The van der Waals surface area contributed by atoms with Crippen molar-refractivity contribution in [2.45, 2.75) is 99.5 Å². The summed E-state index contributed by atoms with van der Waals surface area (Å²) in [6.45, 7) is 19.2. The van der Waals surface area contributed by atoms with Crippen LogP contribution < -0.4 is 5.32 Å². The molecule has 160 valence electrons. The highest BCUT2D eigenvalue weighted by Gasteiger charge is 2.26. The quantitative estimate of drug-likeness (QED) is 0.496. The van der Waals surface area contributed by atoms with Crippen molar-refractivity contribution in [3.63, 3.8) is 0 Å². The fourth-order valence-corrected chi connectivity index (χ4v) is 3.26. The van der Waals surface area contributed by atoms with Gasteiger partial charge in [-0.1, -0.05) is 39.7 Å². The van der Waals surface area contributed by atoms with Crippen LogP contribution in [0.1, 0.15) is 93.9 Å². The molecule has 0 spiro atoms. The van der Waals surface area contributed by atoms with Crippen molar-refractivity contribution in [3.05, 3.63) is 11.8 Å². The Balaban J connectivity index is 0.00000326. The number of nitrogens with zero attached hydrogens (tertiary/aromatic N) is 1. The Morgan fingerprint density at radius 1 is 1.26 bits per heavy atom. The minimum atomic E-state index is -0.403. The molecule has 1 atom stereocenters. The van der Waals surface area contributed by atoms with Gasteiger partial charge in [0, 0.05) is 19.6 Å². The molecular weight excluding hydrogens is 336 g/mol. The van der Waals surface area contributed by atoms with Crippen LogP contribution in [0.3, 0.4) is 0 Å². The summed E-state index contributed by atoms with van der Waals surface area (Å²) in [7, 11) is 0. The highest BCUT2D eigenvalue weighted by Crippen LogP contribution is 2.23. The lowest BCUT2D eigenvalue weighted by Crippen LogP contribution is -2.41. The molecule has 1 amide bonds. The van der Waals surface area contributed by atoms with Crippen molar-refractivity contribution in [2.24, 2.45) is 11.8 Å². The number of ether oxygens (including phenoxy) is 1. The van der Waals surface area contributed by atoms with Crippen LogP contribution in [0, 0.1) is 11.8 Å². The number of nitrogens with one attached hydrogen (secondary N) is 1. The van der Waals surface area contributed by atoms with E-state index in [4.69, 9.17) is 4.74 Å². The van der Waals surface area contributed by atoms with Crippen molar-refractivity contribution in [2.75, 3.05) is 19.6 Å². The van der Waals surface area contributed by atoms with E-state index in [-0.39, 0.29) is 6.09 Å². The molecule has 1 heterocycles. The third-order valence-corrected chi connectivity index (χ3v) is 5.03. The number of hydrogen-bond donors (Lipinski definition) is 1. The largest absolute Gasteiger partial charge is 0.444 e. The first-order valence-electron chi connectivity index (χ1n) is 11.1. The van der Waals surface area contributed by atoms with Gasteiger partial charge in [-0.05, 0) is 77.8 Å². The van der Waals surface area contributed by atoms with E-state index in [9.17, 15) is 4.79 Å². The van der Waals surface area contributed by atoms with Gasteiger partial charge in [-0.25, -0.2) is 4.79 Å². The van der Waals surface area contributed by atoms with Crippen LogP contribution in [0.15, 0.2) is 11.8 Å². The van der Waals surface area contributed by atoms with Gasteiger partial charge in [0.2, 0.25) is 0 Å². The lowest BCUT2D eigenvalue weighted by Gasteiger charge is -2.33. The molecule has 0 aromatic carbocycles. The zero-order valence-electron chi connectivity index (χ0n) is 19.4. The first-order valence-corrected chi connectivity index (χ1v) is 11.1. The fraction of sp³-hybridized carbons (Fsp3) is 0.870. The maximum Gasteiger partial charge on any atom is 0.410 e. The summed E-state index contributed by atoms with van der Waals surface area (Å²) in [5.74, 6) is 1.42. The van der Waals surface area contributed by atoms with Crippen LogP contribution in [0.2, 0.25) is 0 Å². The molecule has 0 saturated carbocycles. The second kappa shape index (κ2) is 13.9. The van der Waals surface area contributed by atoms with Gasteiger partial charge in [0.05, 0.1) is 0 Å². The minimum Gasteiger partial charge on any atom is -0.444 e. The number of amides is 1. The van der Waals surface area contributed by atoms with E-state index < -0.39 is 5.60 Å². The maximum atomic E-state index is 12.1. The Bertz CT molecular complexity index is 419. The molecule has 1 aliphatic rings. The summed E-state index contributed by atoms with van der Waals surface area (Å²) < 4.78 is 5.45. The Kier molecular flexibility index (Phi) is 13.3. The maximum absolute atomic E-state index is 12.1. The summed E-state index contributed by atoms with van der Waals surface area (Å²) in [5, 5.41) is 3.47. The van der Waals surface area contributed by atoms with Gasteiger partial charge in [-0.15, -0.1) is 0 Å². The monoisotopic (exact) mass is 382 g/mol. The van der Waals surface area contributed by atoms with E-state index >= 15 is 0 Å². The molecule has 0 aromatic heterocycles. The highest BCUT2D eigenvalue weighted by molar-refractivity contribution is 5.68. The summed E-state index contributed by atoms with van der Waals surface area (Å²) in [6.07, 6.45) is 9.19. The Morgan fingerprint density at radius 3 is 2.37 bits per heavy atom. The average molecular weight is 383 g/mol. The van der Waals surface area contributed by atoms with E-state index in [2.05, 4.69) is 32.3 Å². The van der Waals surface area contributed by atoms with Crippen LogP contribution >= 0.6 is 0 Å². The zero-order valence-corrected chi connectivity index (χ0v) is 19.4. The predicted octanol–water partition coefficient (Wildman–Crippen LogP) is 6.37. The third kappa shape index (κ3) is 12.0. The van der Waals surface area contributed by atoms with Crippen LogP contribution in [-0.2, 0) is 4.74 Å². The number of carbonyl (C=O) groups excluding carboxylic acids is 1. The number of hydrogen-bond acceptors (Lipinski definition) is 3. The first-order chi connectivity index (χ1) is 12.7. The Morgan fingerprint density at radius 2 is 1.85 bits per heavy atom. The molecule has 27 heavy (non-hydrogen) atoms. The molecule has 0 bridgehead atoms. The molecule has 1 fully saturated rings. The molecule has 0 aromatic rings. The van der Waals surface area contributed by atoms with Gasteiger partial charge in [0.15, 0.2) is 0 Å². The molecule has 4 nitrogen and oxygen atoms in total. The van der Waals surface area contributed by atoms with E-state index in [1.165, 1.54) is 31.3 Å². The predicted molar refractivity (Wildman–Crippen MR) is 117 cm³/mol. The van der Waals surface area contributed by atoms with Crippen LogP contribution in [0.25, 0.3) is 0 Å². The Labute approximate surface area is 169 Å². The standard InChI is InChI=1S/C21H40N2O2.C2H6/c1-7-9-17(2)18(3)16-22-13-8-10-19-11-14-23(15-12-19)20(24)25-21(4,5)6;1-2/h16-17,19,22H,7-15H2,1-6H3;1-2H3/b18-16-;. The SMILES string of the molecule is CC.CCCC(C)/C(C)=C\NCCCC1CCN(C(=O)OC(C)(C)C)CC1. The van der Waals surface area contributed by atoms with Gasteiger partial charge in [-0.2, -0.15) is 0 Å². The van der Waals surface area contributed by atoms with E-state index in [1.807, 2.05) is 39.5 Å². The number of piperidine rings is 1. The minimum absolute atomic E-state index is 0.158. The number of allylic oxidation sites excluding steroid dienone is 1. The molecule has 0 aliphatic carbocycles. The number of likely N-dealkylation sites (tertiary alicyclic amines) is 1. The van der Waals surface area contributed by atoms with Gasteiger partial charge >= 0.3 is 6.09 Å². The van der Waals surface area contributed by atoms with Crippen molar-refractivity contribution in [1.29, 1.82) is 0 Å². The summed E-state index contributed by atoms with van der Waals surface area (Å²) in [6, 6.07) is 0. The van der Waals surface area contributed by atoms with Crippen LogP contribution in [0.5, 0.6) is 0 Å². The third-order valence-electron chi connectivity index (χ3n) is 5.03. The van der Waals surface area contributed by atoms with E-state index in [0.717, 1.165) is 38.4 Å². The van der Waals surface area contributed by atoms with E-state index in [1.54, 1.807) is 0 Å². The molecule has 1 unspecified atom stereocenters. The highest BCUT2D eigenvalue weighted by atomic mass is 16.6. The van der Waals surface area contributed by atoms with Gasteiger partial charge in [-0.3, -0.25) is 0 Å². The van der Waals surface area contributed by atoms with Crippen molar-refractivity contribution in [3.8, 4) is 0 Å². The van der Waals surface area contributed by atoms with Crippen LogP contribution in [0.4, 0.5) is 4.79 Å². The van der Waals surface area contributed by atoms with E-state index in [0.29, 0.717) is 5.92 Å². The molecule has 4 heteroatoms. The molecule has 1 saturated heterocycles. The normalized spacial score (nSPS) is 17.0. The van der Waals surface area contributed by atoms with Crippen LogP contribution in [-0.4, -0.2) is 36.2 Å². The topological polar surface area (TPSA) is 41.6 Å². The van der Waals surface area contributed by atoms with Gasteiger partial charge < -0.3 is 15.0 Å². The smallest absolute Gasteiger partial charge is 0.410 e. The number of rotatable bonds is 8. The summed E-state index contributed by atoms with van der Waals surface area (Å²) >= 11 is 0. The van der Waals surface area contributed by atoms with Crippen molar-refractivity contribution >= 4 is 6.09 Å². The molecule has 1 N–H and O–H groups in total. The average Bonchev–Trinajstić information content (AvgIpc) is 2.62. The Hall–Kier alpha value is -1.19. The summed E-state index contributed by atoms with van der Waals surface area (Å²) in [5.41, 5.74) is 1.05. The second-order valence-electron chi connectivity index (χ2n) is 8.59. The lowest BCUT2D eigenvalue weighted by molar-refractivity contribution is 0.0180. The second-order valence-corrected chi connectivity index (χ2v) is 8.59. The van der Waals surface area contributed by atoms with Gasteiger partial charge in [0.1, 0.15) is 5.60 Å². The van der Waals surface area contributed by atoms with Gasteiger partial charge in [0.25, 0.3) is 0 Å². The van der Waals surface area contributed by atoms with Crippen molar-refractivity contribution < 1.29 is 9.53 Å².